The minimum absolute atomic E-state index is 0.201. The lowest BCUT2D eigenvalue weighted by Crippen LogP contribution is -2.31. The summed E-state index contributed by atoms with van der Waals surface area (Å²) in [4.78, 5) is 21.8. The molecule has 4 rings (SSSR count). The highest BCUT2D eigenvalue weighted by molar-refractivity contribution is 7.13. The molecule has 0 aliphatic carbocycles. The molecule has 2 heterocycles. The van der Waals surface area contributed by atoms with Crippen LogP contribution in [0, 0.1) is 0 Å². The summed E-state index contributed by atoms with van der Waals surface area (Å²) in [7, 11) is 5.90. The van der Waals surface area contributed by atoms with E-state index in [1.807, 2.05) is 36.4 Å². The molecule has 1 aliphatic heterocycles. The van der Waals surface area contributed by atoms with Crippen LogP contribution < -0.4 is 15.0 Å². The van der Waals surface area contributed by atoms with Gasteiger partial charge in [0.25, 0.3) is 5.91 Å². The Bertz CT molecular complexity index is 999. The van der Waals surface area contributed by atoms with Crippen LogP contribution in [0.25, 0.3) is 10.6 Å². The molecule has 156 valence electrons. The molecule has 0 spiro atoms. The summed E-state index contributed by atoms with van der Waals surface area (Å²) in [6.45, 7) is 2.09. The Labute approximate surface area is 181 Å². The molecule has 0 saturated carbocycles. The molecule has 1 fully saturated rings. The summed E-state index contributed by atoms with van der Waals surface area (Å²) in [6, 6.07) is 16.3. The normalized spacial score (nSPS) is 16.1. The number of aromatic nitrogens is 1. The lowest BCUT2D eigenvalue weighted by Gasteiger charge is -2.22. The number of methoxy groups -OCH3 is 1. The fourth-order valence-electron chi connectivity index (χ4n) is 3.59. The van der Waals surface area contributed by atoms with Gasteiger partial charge in [0, 0.05) is 41.4 Å². The summed E-state index contributed by atoms with van der Waals surface area (Å²) >= 11 is 1.45. The quantitative estimate of drug-likeness (QED) is 0.645. The first-order valence-electron chi connectivity index (χ1n) is 9.96. The van der Waals surface area contributed by atoms with Gasteiger partial charge < -0.3 is 19.9 Å². The van der Waals surface area contributed by atoms with E-state index in [-0.39, 0.29) is 5.91 Å². The van der Waals surface area contributed by atoms with E-state index >= 15 is 0 Å². The molecule has 3 aromatic rings. The lowest BCUT2D eigenvalue weighted by molar-refractivity contribution is 0.102. The number of hydrogen-bond donors (Lipinski definition) is 1. The molecule has 1 atom stereocenters. The summed E-state index contributed by atoms with van der Waals surface area (Å²) in [5.74, 6) is 0.593. The lowest BCUT2D eigenvalue weighted by atomic mass is 10.2. The zero-order valence-corrected chi connectivity index (χ0v) is 18.3. The van der Waals surface area contributed by atoms with Crippen LogP contribution in [0.15, 0.2) is 53.9 Å². The van der Waals surface area contributed by atoms with Crippen molar-refractivity contribution in [1.29, 1.82) is 0 Å². The van der Waals surface area contributed by atoms with Gasteiger partial charge in [-0.25, -0.2) is 4.98 Å². The number of hydrogen-bond acceptors (Lipinski definition) is 6. The van der Waals surface area contributed by atoms with E-state index in [9.17, 15) is 4.79 Å². The summed E-state index contributed by atoms with van der Waals surface area (Å²) in [6.07, 6.45) is 1.17. The van der Waals surface area contributed by atoms with Crippen molar-refractivity contribution in [2.45, 2.75) is 12.5 Å². The van der Waals surface area contributed by atoms with Crippen molar-refractivity contribution in [2.24, 2.45) is 0 Å². The monoisotopic (exact) mass is 422 g/mol. The van der Waals surface area contributed by atoms with Crippen molar-refractivity contribution in [3.05, 3.63) is 59.6 Å². The molecular weight excluding hydrogens is 396 g/mol. The second-order valence-corrected chi connectivity index (χ2v) is 8.48. The van der Waals surface area contributed by atoms with E-state index in [4.69, 9.17) is 4.74 Å². The highest BCUT2D eigenvalue weighted by Crippen LogP contribution is 2.27. The van der Waals surface area contributed by atoms with E-state index in [1.165, 1.54) is 23.4 Å². The summed E-state index contributed by atoms with van der Waals surface area (Å²) < 4.78 is 5.19. The van der Waals surface area contributed by atoms with Crippen molar-refractivity contribution in [3.8, 4) is 16.3 Å². The largest absolute Gasteiger partial charge is 0.497 e. The fourth-order valence-corrected chi connectivity index (χ4v) is 4.40. The van der Waals surface area contributed by atoms with E-state index in [0.29, 0.717) is 11.7 Å². The number of anilines is 2. The average molecular weight is 423 g/mol. The molecule has 1 amide bonds. The molecule has 1 unspecified atom stereocenters. The Morgan fingerprint density at radius 2 is 1.90 bits per heavy atom. The summed E-state index contributed by atoms with van der Waals surface area (Å²) in [5, 5.41) is 5.54. The molecule has 0 radical (unpaired) electrons. The smallest absolute Gasteiger partial charge is 0.275 e. The zero-order valence-electron chi connectivity index (χ0n) is 17.5. The number of thiazole rings is 1. The SMILES string of the molecule is COc1ccc(-c2nc(C(=O)Nc3ccc(N4CCC(N(C)C)C4)cc3)cs2)cc1. The maximum atomic E-state index is 12.6. The van der Waals surface area contributed by atoms with Crippen LogP contribution in [-0.2, 0) is 0 Å². The number of benzene rings is 2. The topological polar surface area (TPSA) is 57.7 Å². The molecule has 30 heavy (non-hydrogen) atoms. The standard InChI is InChI=1S/C23H26N4O2S/c1-26(2)19-12-13-27(14-19)18-8-6-17(7-9-18)24-22(28)21-15-30-23(25-21)16-4-10-20(29-3)11-5-16/h4-11,15,19H,12-14H2,1-3H3,(H,24,28). The number of rotatable bonds is 6. The first kappa shape index (κ1) is 20.4. The van der Waals surface area contributed by atoms with Crippen molar-refractivity contribution >= 4 is 28.6 Å². The highest BCUT2D eigenvalue weighted by Gasteiger charge is 2.24. The van der Waals surface area contributed by atoms with Crippen molar-refractivity contribution < 1.29 is 9.53 Å². The average Bonchev–Trinajstić information content (AvgIpc) is 3.45. The second kappa shape index (κ2) is 8.85. The van der Waals surface area contributed by atoms with Crippen LogP contribution in [0.3, 0.4) is 0 Å². The minimum Gasteiger partial charge on any atom is -0.497 e. The van der Waals surface area contributed by atoms with Gasteiger partial charge in [-0.15, -0.1) is 11.3 Å². The molecule has 2 aromatic carbocycles. The number of nitrogens with one attached hydrogen (secondary N) is 1. The molecule has 1 aromatic heterocycles. The van der Waals surface area contributed by atoms with E-state index in [2.05, 4.69) is 46.3 Å². The molecule has 0 bridgehead atoms. The van der Waals surface area contributed by atoms with Gasteiger partial charge in [0.1, 0.15) is 16.5 Å². The molecule has 1 saturated heterocycles. The number of amides is 1. The third-order valence-electron chi connectivity index (χ3n) is 5.46. The number of likely N-dealkylation sites (N-methyl/N-ethyl adjacent to an activating group) is 1. The molecular formula is C23H26N4O2S. The van der Waals surface area contributed by atoms with Crippen LogP contribution in [0.4, 0.5) is 11.4 Å². The number of ether oxygens (including phenoxy) is 1. The maximum Gasteiger partial charge on any atom is 0.275 e. The predicted octanol–water partition coefficient (Wildman–Crippen LogP) is 4.21. The highest BCUT2D eigenvalue weighted by atomic mass is 32.1. The minimum atomic E-state index is -0.201. The summed E-state index contributed by atoms with van der Waals surface area (Å²) in [5.41, 5.74) is 3.34. The van der Waals surface area contributed by atoms with Crippen LogP contribution >= 0.6 is 11.3 Å². The Kier molecular flexibility index (Phi) is 6.01. The van der Waals surface area contributed by atoms with Crippen molar-refractivity contribution in [1.82, 2.24) is 9.88 Å². The Hall–Kier alpha value is -2.90. The maximum absolute atomic E-state index is 12.6. The number of carbonyl (C=O) groups is 1. The van der Waals surface area contributed by atoms with Gasteiger partial charge in [0.15, 0.2) is 0 Å². The third-order valence-corrected chi connectivity index (χ3v) is 6.35. The van der Waals surface area contributed by atoms with E-state index < -0.39 is 0 Å². The zero-order chi connectivity index (χ0) is 21.1. The van der Waals surface area contributed by atoms with Gasteiger partial charge >= 0.3 is 0 Å². The van der Waals surface area contributed by atoms with Gasteiger partial charge in [-0.2, -0.15) is 0 Å². The Balaban J connectivity index is 1.39. The van der Waals surface area contributed by atoms with Gasteiger partial charge in [-0.05, 0) is 69.0 Å². The van der Waals surface area contributed by atoms with Crippen LogP contribution in [-0.4, -0.2) is 56.1 Å². The van der Waals surface area contributed by atoms with Gasteiger partial charge in [0.05, 0.1) is 7.11 Å². The van der Waals surface area contributed by atoms with Crippen LogP contribution in [0.1, 0.15) is 16.9 Å². The molecule has 6 nitrogen and oxygen atoms in total. The Morgan fingerprint density at radius 3 is 2.53 bits per heavy atom. The van der Waals surface area contributed by atoms with Crippen molar-refractivity contribution in [2.75, 3.05) is 44.5 Å². The van der Waals surface area contributed by atoms with Gasteiger partial charge in [-0.1, -0.05) is 0 Å². The Morgan fingerprint density at radius 1 is 1.17 bits per heavy atom. The molecule has 1 aliphatic rings. The predicted molar refractivity (Wildman–Crippen MR) is 123 cm³/mol. The first-order valence-corrected chi connectivity index (χ1v) is 10.8. The first-order chi connectivity index (χ1) is 14.5. The molecule has 7 heteroatoms. The fraction of sp³-hybridized carbons (Fsp3) is 0.304. The van der Waals surface area contributed by atoms with Crippen LogP contribution in [0.2, 0.25) is 0 Å². The van der Waals surface area contributed by atoms with E-state index in [0.717, 1.165) is 35.1 Å². The van der Waals surface area contributed by atoms with Gasteiger partial charge in [0.2, 0.25) is 0 Å². The van der Waals surface area contributed by atoms with Crippen LogP contribution in [0.5, 0.6) is 5.75 Å². The second-order valence-electron chi connectivity index (χ2n) is 7.62. The number of carbonyl (C=O) groups excluding carboxylic acids is 1. The van der Waals surface area contributed by atoms with Gasteiger partial charge in [-0.3, -0.25) is 4.79 Å². The number of nitrogens with zero attached hydrogens (tertiary/aromatic N) is 3. The van der Waals surface area contributed by atoms with E-state index in [1.54, 1.807) is 12.5 Å². The van der Waals surface area contributed by atoms with Crippen molar-refractivity contribution in [3.63, 3.8) is 0 Å². The third kappa shape index (κ3) is 4.47. The molecule has 1 N–H and O–H groups in total.